The van der Waals surface area contributed by atoms with E-state index in [9.17, 15) is 28.8 Å². The first-order chi connectivity index (χ1) is 29.3. The van der Waals surface area contributed by atoms with E-state index in [0.29, 0.717) is 11.5 Å². The Morgan fingerprint density at radius 3 is 1.70 bits per heavy atom. The standard InChI is InChI=1S/C42H47N4O14P/c1-25-21-45(40(50)43-38(25)48)36-19-32(47)34(58-36)24-57-61(52,55-5)60-33-20-37(46-22-26(2)39(49)44-41(46)51)59-35(33)23-56-42(27-9-7-6-8-10-27,28-11-15-30(53-3)16-12-28)29-13-17-31(54-4)18-14-29/h6-18,21-22,32-37,47H,19-20,23-24H2,1-5H3,(H,43,48,50)(H,44,49,51)/t32-,33-,34+,35+,36+,37+,61?/m0/s1. The van der Waals surface area contributed by atoms with Crippen LogP contribution in [0.5, 0.6) is 11.5 Å². The van der Waals surface area contributed by atoms with Gasteiger partial charge in [-0.3, -0.25) is 42.3 Å². The van der Waals surface area contributed by atoms with Crippen LogP contribution in [-0.4, -0.2) is 83.2 Å². The van der Waals surface area contributed by atoms with Crippen molar-refractivity contribution >= 4 is 7.82 Å². The molecule has 3 aromatic carbocycles. The fourth-order valence-electron chi connectivity index (χ4n) is 7.51. The van der Waals surface area contributed by atoms with Gasteiger partial charge >= 0.3 is 19.2 Å². The minimum atomic E-state index is -4.50. The Labute approximate surface area is 349 Å². The van der Waals surface area contributed by atoms with Gasteiger partial charge in [-0.05, 0) is 54.8 Å². The number of aromatic amines is 2. The van der Waals surface area contributed by atoms with Crippen LogP contribution < -0.4 is 32.0 Å². The second-order valence-corrected chi connectivity index (χ2v) is 16.4. The molecule has 0 spiro atoms. The van der Waals surface area contributed by atoms with Crippen LogP contribution in [0.3, 0.4) is 0 Å². The van der Waals surface area contributed by atoms with Gasteiger partial charge in [0.2, 0.25) is 0 Å². The van der Waals surface area contributed by atoms with Gasteiger partial charge < -0.3 is 28.8 Å². The molecule has 0 amide bonds. The van der Waals surface area contributed by atoms with Crippen LogP contribution in [0.1, 0.15) is 53.1 Å². The van der Waals surface area contributed by atoms with Crippen LogP contribution in [0.2, 0.25) is 0 Å². The highest BCUT2D eigenvalue weighted by molar-refractivity contribution is 7.48. The van der Waals surface area contributed by atoms with E-state index >= 15 is 0 Å². The largest absolute Gasteiger partial charge is 0.497 e. The molecule has 2 aliphatic rings. The van der Waals surface area contributed by atoms with Crippen LogP contribution in [0.15, 0.2) is 110 Å². The molecule has 0 bridgehead atoms. The Bertz CT molecular complexity index is 2550. The quantitative estimate of drug-likeness (QED) is 0.0949. The van der Waals surface area contributed by atoms with Crippen LogP contribution in [0.4, 0.5) is 0 Å². The molecule has 0 saturated carbocycles. The topological polar surface area (TPSA) is 221 Å². The highest BCUT2D eigenvalue weighted by Crippen LogP contribution is 2.53. The first kappa shape index (κ1) is 43.7. The molecule has 19 heteroatoms. The molecule has 5 aromatic rings. The molecule has 3 N–H and O–H groups in total. The molecule has 2 aromatic heterocycles. The Balaban J connectivity index is 1.20. The van der Waals surface area contributed by atoms with Gasteiger partial charge in [0, 0.05) is 43.5 Å². The van der Waals surface area contributed by atoms with Crippen LogP contribution >= 0.6 is 7.82 Å². The van der Waals surface area contributed by atoms with Gasteiger partial charge in [0.25, 0.3) is 11.1 Å². The summed E-state index contributed by atoms with van der Waals surface area (Å²) >= 11 is 0. The zero-order valence-corrected chi connectivity index (χ0v) is 34.9. The summed E-state index contributed by atoms with van der Waals surface area (Å²) in [5.41, 5.74) is -1.15. The lowest BCUT2D eigenvalue weighted by Crippen LogP contribution is -2.38. The van der Waals surface area contributed by atoms with Gasteiger partial charge in [-0.2, -0.15) is 0 Å². The van der Waals surface area contributed by atoms with Gasteiger partial charge in [0.15, 0.2) is 0 Å². The first-order valence-electron chi connectivity index (χ1n) is 19.4. The van der Waals surface area contributed by atoms with Gasteiger partial charge in [0.1, 0.15) is 47.9 Å². The first-order valence-corrected chi connectivity index (χ1v) is 20.8. The van der Waals surface area contributed by atoms with Crippen molar-refractivity contribution in [1.82, 2.24) is 19.1 Å². The van der Waals surface area contributed by atoms with Gasteiger partial charge in [-0.25, -0.2) is 14.2 Å². The maximum atomic E-state index is 14.3. The van der Waals surface area contributed by atoms with Crippen molar-refractivity contribution < 1.29 is 46.9 Å². The Morgan fingerprint density at radius 2 is 1.20 bits per heavy atom. The minimum absolute atomic E-state index is 0.0337. The highest BCUT2D eigenvalue weighted by Gasteiger charge is 2.47. The van der Waals surface area contributed by atoms with Crippen LogP contribution in [0, 0.1) is 13.8 Å². The zero-order chi connectivity index (χ0) is 43.5. The monoisotopic (exact) mass is 862 g/mol. The predicted octanol–water partition coefficient (Wildman–Crippen LogP) is 3.82. The number of aryl methyl sites for hydroxylation is 2. The molecule has 7 rings (SSSR count). The van der Waals surface area contributed by atoms with Crippen molar-refractivity contribution in [2.75, 3.05) is 34.5 Å². The number of ether oxygens (including phenoxy) is 5. The molecular weight excluding hydrogens is 815 g/mol. The van der Waals surface area contributed by atoms with Crippen molar-refractivity contribution in [2.24, 2.45) is 0 Å². The molecule has 7 atom stereocenters. The summed E-state index contributed by atoms with van der Waals surface area (Å²) in [6.45, 7) is 2.37. The zero-order valence-electron chi connectivity index (χ0n) is 34.0. The number of rotatable bonds is 16. The molecule has 4 heterocycles. The Kier molecular flexibility index (Phi) is 13.1. The number of aliphatic hydroxyl groups is 1. The Hall–Kier alpha value is -5.43. The maximum absolute atomic E-state index is 14.3. The number of hydrogen-bond donors (Lipinski definition) is 3. The van der Waals surface area contributed by atoms with Crippen LogP contribution in [0.25, 0.3) is 0 Å². The van der Waals surface area contributed by atoms with Crippen LogP contribution in [-0.2, 0) is 37.9 Å². The van der Waals surface area contributed by atoms with Crippen molar-refractivity contribution in [3.8, 4) is 11.5 Å². The molecule has 0 radical (unpaired) electrons. The number of phosphoric acid groups is 1. The molecule has 1 unspecified atom stereocenters. The third-order valence-corrected chi connectivity index (χ3v) is 12.3. The molecule has 61 heavy (non-hydrogen) atoms. The number of aromatic nitrogens is 4. The third-order valence-electron chi connectivity index (χ3n) is 10.8. The average molecular weight is 863 g/mol. The summed E-state index contributed by atoms with van der Waals surface area (Å²) in [7, 11) is -0.231. The normalized spacial score (nSPS) is 22.5. The second-order valence-electron chi connectivity index (χ2n) is 14.6. The lowest BCUT2D eigenvalue weighted by Gasteiger charge is -2.37. The predicted molar refractivity (Wildman–Crippen MR) is 219 cm³/mol. The number of methoxy groups -OCH3 is 2. The van der Waals surface area contributed by atoms with Gasteiger partial charge in [0.05, 0.1) is 33.5 Å². The van der Waals surface area contributed by atoms with Crippen molar-refractivity contribution in [3.63, 3.8) is 0 Å². The number of nitrogens with zero attached hydrogens (tertiary/aromatic N) is 2. The van der Waals surface area contributed by atoms with Crippen molar-refractivity contribution in [1.29, 1.82) is 0 Å². The summed E-state index contributed by atoms with van der Waals surface area (Å²) in [4.78, 5) is 54.4. The number of hydrogen-bond acceptors (Lipinski definition) is 14. The molecule has 0 aliphatic carbocycles. The Morgan fingerprint density at radius 1 is 0.705 bits per heavy atom. The third kappa shape index (κ3) is 9.12. The number of phosphoric ester groups is 1. The van der Waals surface area contributed by atoms with Crippen molar-refractivity contribution in [3.05, 3.63) is 161 Å². The molecule has 324 valence electrons. The smallest absolute Gasteiger partial charge is 0.474 e. The fraction of sp³-hybridized carbons (Fsp3) is 0.381. The molecule has 2 fully saturated rings. The minimum Gasteiger partial charge on any atom is -0.497 e. The van der Waals surface area contributed by atoms with E-state index in [4.69, 9.17) is 37.3 Å². The number of H-pyrrole nitrogens is 2. The SMILES string of the molecule is COc1ccc(C(OC[C@H]2O[C@@H](n3cc(C)c(=O)[nH]c3=O)C[C@@H]2OP(=O)(OC)OC[C@H]2O[C@@H](n3cc(C)c(=O)[nH]c3=O)C[C@@H]2O)(c2ccccc2)c2ccc(OC)cc2)cc1. The van der Waals surface area contributed by atoms with E-state index in [2.05, 4.69) is 9.97 Å². The number of benzene rings is 3. The number of nitrogens with one attached hydrogen (secondary N) is 2. The second kappa shape index (κ2) is 18.3. The van der Waals surface area contributed by atoms with E-state index in [0.717, 1.165) is 28.4 Å². The summed E-state index contributed by atoms with van der Waals surface area (Å²) in [5, 5.41) is 10.9. The highest BCUT2D eigenvalue weighted by atomic mass is 31.2. The summed E-state index contributed by atoms with van der Waals surface area (Å²) < 4.78 is 64.3. The lowest BCUT2D eigenvalue weighted by atomic mass is 9.80. The molecule has 2 aliphatic heterocycles. The van der Waals surface area contributed by atoms with E-state index in [1.54, 1.807) is 21.1 Å². The van der Waals surface area contributed by atoms with E-state index in [1.165, 1.54) is 23.9 Å². The lowest BCUT2D eigenvalue weighted by molar-refractivity contribution is -0.0957. The average Bonchev–Trinajstić information content (AvgIpc) is 3.85. The van der Waals surface area contributed by atoms with E-state index in [-0.39, 0.29) is 30.6 Å². The van der Waals surface area contributed by atoms with Gasteiger partial charge in [-0.15, -0.1) is 0 Å². The molecular formula is C42H47N4O14P. The van der Waals surface area contributed by atoms with Gasteiger partial charge in [-0.1, -0.05) is 54.6 Å². The van der Waals surface area contributed by atoms with Crippen molar-refractivity contribution in [2.45, 2.75) is 69.2 Å². The molecule has 2 saturated heterocycles. The summed E-state index contributed by atoms with van der Waals surface area (Å²) in [6, 6.07) is 24.3. The summed E-state index contributed by atoms with van der Waals surface area (Å²) in [5.74, 6) is 1.25. The maximum Gasteiger partial charge on any atom is 0.474 e. The fourth-order valence-corrected chi connectivity index (χ4v) is 8.64. The number of aliphatic hydroxyl groups excluding tert-OH is 1. The summed E-state index contributed by atoms with van der Waals surface area (Å²) in [6.07, 6.45) is -3.78. The molecule has 18 nitrogen and oxygen atoms in total. The van der Waals surface area contributed by atoms with E-state index in [1.807, 2.05) is 78.9 Å². The van der Waals surface area contributed by atoms with E-state index < -0.39 is 79.4 Å².